The predicted octanol–water partition coefficient (Wildman–Crippen LogP) is 2.67. The molecule has 102 valence electrons. The van der Waals surface area contributed by atoms with E-state index < -0.39 is 0 Å². The van der Waals surface area contributed by atoms with Gasteiger partial charge in [-0.25, -0.2) is 4.98 Å². The number of hydrogen-bond acceptors (Lipinski definition) is 4. The molecule has 2 aromatic heterocycles. The first-order valence-electron chi connectivity index (χ1n) is 6.56. The lowest BCUT2D eigenvalue weighted by atomic mass is 10.2. The fourth-order valence-corrected chi connectivity index (χ4v) is 2.59. The maximum Gasteiger partial charge on any atom is 0.266 e. The summed E-state index contributed by atoms with van der Waals surface area (Å²) in [5.74, 6) is 1.07. The van der Waals surface area contributed by atoms with Crippen molar-refractivity contribution >= 4 is 16.9 Å². The van der Waals surface area contributed by atoms with E-state index in [1.165, 1.54) is 0 Å². The lowest BCUT2D eigenvalue weighted by molar-refractivity contribution is 0.0973. The van der Waals surface area contributed by atoms with Gasteiger partial charge in [0.15, 0.2) is 5.82 Å². The summed E-state index contributed by atoms with van der Waals surface area (Å²) in [5, 5.41) is 0. The summed E-state index contributed by atoms with van der Waals surface area (Å²) in [4.78, 5) is 21.4. The van der Waals surface area contributed by atoms with Crippen LogP contribution < -0.4 is 4.74 Å². The molecule has 5 nitrogen and oxygen atoms in total. The van der Waals surface area contributed by atoms with Gasteiger partial charge in [0.05, 0.1) is 11.1 Å². The minimum Gasteiger partial charge on any atom is -0.487 e. The molecule has 0 radical (unpaired) electrons. The van der Waals surface area contributed by atoms with Crippen LogP contribution in [0.15, 0.2) is 49.2 Å². The third-order valence-electron chi connectivity index (χ3n) is 3.45. The molecule has 0 saturated carbocycles. The van der Waals surface area contributed by atoms with Gasteiger partial charge in [0, 0.05) is 6.20 Å². The van der Waals surface area contributed by atoms with Crippen molar-refractivity contribution < 1.29 is 9.53 Å². The number of hydrogen-bond donors (Lipinski definition) is 0. The van der Waals surface area contributed by atoms with Crippen molar-refractivity contribution in [2.24, 2.45) is 0 Å². The number of carbonyl (C=O) groups excluding carboxylic acids is 1. The molecule has 0 aliphatic carbocycles. The first-order chi connectivity index (χ1) is 10.3. The normalized spacial score (nSPS) is 12.3. The number of benzene rings is 1. The van der Waals surface area contributed by atoms with Crippen LogP contribution in [0.3, 0.4) is 0 Å². The highest BCUT2D eigenvalue weighted by Gasteiger charge is 2.32. The molecule has 0 bridgehead atoms. The predicted molar refractivity (Wildman–Crippen MR) is 78.4 cm³/mol. The number of fused-ring (bicyclic) bond motifs is 5. The summed E-state index contributed by atoms with van der Waals surface area (Å²) in [6.45, 7) is 4.01. The second-order valence-corrected chi connectivity index (χ2v) is 4.70. The minimum absolute atomic E-state index is 0.120. The highest BCUT2D eigenvalue weighted by Crippen LogP contribution is 2.36. The van der Waals surface area contributed by atoms with Crippen LogP contribution in [0.2, 0.25) is 0 Å². The van der Waals surface area contributed by atoms with Gasteiger partial charge < -0.3 is 4.74 Å². The molecule has 1 aliphatic rings. The summed E-state index contributed by atoms with van der Waals surface area (Å²) in [7, 11) is 0. The van der Waals surface area contributed by atoms with E-state index in [1.54, 1.807) is 29.0 Å². The fourth-order valence-electron chi connectivity index (χ4n) is 2.59. The summed E-state index contributed by atoms with van der Waals surface area (Å²) in [5.41, 5.74) is 2.59. The van der Waals surface area contributed by atoms with Gasteiger partial charge in [0.1, 0.15) is 23.6 Å². The van der Waals surface area contributed by atoms with Crippen LogP contribution in [0.5, 0.6) is 5.75 Å². The molecule has 0 amide bonds. The zero-order chi connectivity index (χ0) is 14.4. The van der Waals surface area contributed by atoms with Crippen LogP contribution >= 0.6 is 0 Å². The van der Waals surface area contributed by atoms with Gasteiger partial charge in [-0.05, 0) is 24.3 Å². The van der Waals surface area contributed by atoms with E-state index in [1.807, 2.05) is 18.2 Å². The topological polar surface area (TPSA) is 57.0 Å². The Balaban J connectivity index is 2.02. The molecule has 0 saturated heterocycles. The molecule has 0 spiro atoms. The van der Waals surface area contributed by atoms with Gasteiger partial charge >= 0.3 is 0 Å². The van der Waals surface area contributed by atoms with E-state index >= 15 is 0 Å². The molecule has 1 aliphatic heterocycles. The molecule has 4 rings (SSSR count). The summed E-state index contributed by atoms with van der Waals surface area (Å²) >= 11 is 0. The minimum atomic E-state index is -0.120. The third kappa shape index (κ3) is 1.54. The molecular formula is C16H11N3O2. The Kier molecular flexibility index (Phi) is 2.41. The van der Waals surface area contributed by atoms with Gasteiger partial charge in [0.25, 0.3) is 5.91 Å². The van der Waals surface area contributed by atoms with Crippen LogP contribution in [-0.2, 0) is 0 Å². The van der Waals surface area contributed by atoms with Crippen molar-refractivity contribution in [3.63, 3.8) is 0 Å². The van der Waals surface area contributed by atoms with Gasteiger partial charge in [-0.15, -0.1) is 0 Å². The second-order valence-electron chi connectivity index (χ2n) is 4.70. The quantitative estimate of drug-likeness (QED) is 0.540. The van der Waals surface area contributed by atoms with Crippen LogP contribution in [0, 0.1) is 0 Å². The zero-order valence-electron chi connectivity index (χ0n) is 11.1. The molecule has 0 atom stereocenters. The van der Waals surface area contributed by atoms with Gasteiger partial charge in [-0.2, -0.15) is 0 Å². The smallest absolute Gasteiger partial charge is 0.266 e. The Labute approximate surface area is 120 Å². The number of aromatic nitrogens is 3. The molecule has 21 heavy (non-hydrogen) atoms. The Morgan fingerprint density at radius 1 is 1.29 bits per heavy atom. The van der Waals surface area contributed by atoms with Crippen molar-refractivity contribution in [2.45, 2.75) is 0 Å². The molecule has 1 aromatic carbocycles. The average Bonchev–Trinajstić information content (AvgIpc) is 3.03. The zero-order valence-corrected chi connectivity index (χ0v) is 11.1. The average molecular weight is 277 g/mol. The molecule has 5 heteroatoms. The maximum atomic E-state index is 12.6. The summed E-state index contributed by atoms with van der Waals surface area (Å²) < 4.78 is 7.22. The van der Waals surface area contributed by atoms with E-state index in [0.29, 0.717) is 35.0 Å². The monoisotopic (exact) mass is 277 g/mol. The van der Waals surface area contributed by atoms with Crippen LogP contribution in [-0.4, -0.2) is 27.0 Å². The SMILES string of the molecule is C=CCOc1cccc2nc3n(c12)C(=O)c1cccnc1-3. The number of nitrogens with zero attached hydrogens (tertiary/aromatic N) is 3. The first kappa shape index (κ1) is 11.8. The second kappa shape index (κ2) is 4.28. The van der Waals surface area contributed by atoms with Crippen molar-refractivity contribution in [1.82, 2.24) is 14.5 Å². The Morgan fingerprint density at radius 2 is 2.19 bits per heavy atom. The first-order valence-corrected chi connectivity index (χ1v) is 6.56. The molecule has 3 heterocycles. The van der Waals surface area contributed by atoms with E-state index in [4.69, 9.17) is 4.74 Å². The standard InChI is InChI=1S/C16H11N3O2/c1-2-9-21-12-7-3-6-11-14(12)19-15(18-11)13-10(16(19)20)5-4-8-17-13/h2-8H,1,9H2. The number of imidazole rings is 1. The lowest BCUT2D eigenvalue weighted by Gasteiger charge is -2.06. The third-order valence-corrected chi connectivity index (χ3v) is 3.45. The Morgan fingerprint density at radius 3 is 3.05 bits per heavy atom. The molecule has 3 aromatic rings. The van der Waals surface area contributed by atoms with Crippen LogP contribution in [0.4, 0.5) is 0 Å². The fraction of sp³-hybridized carbons (Fsp3) is 0.0625. The van der Waals surface area contributed by atoms with Crippen molar-refractivity contribution in [3.05, 3.63) is 54.7 Å². The maximum absolute atomic E-state index is 12.6. The van der Waals surface area contributed by atoms with Crippen molar-refractivity contribution in [1.29, 1.82) is 0 Å². The summed E-state index contributed by atoms with van der Waals surface area (Å²) in [6.07, 6.45) is 3.33. The van der Waals surface area contributed by atoms with Gasteiger partial charge in [-0.1, -0.05) is 18.7 Å². The largest absolute Gasteiger partial charge is 0.487 e. The highest BCUT2D eigenvalue weighted by molar-refractivity contribution is 6.12. The molecular weight excluding hydrogens is 266 g/mol. The Bertz CT molecular complexity index is 896. The van der Waals surface area contributed by atoms with Gasteiger partial charge in [-0.3, -0.25) is 14.3 Å². The number of rotatable bonds is 3. The Hall–Kier alpha value is -2.95. The highest BCUT2D eigenvalue weighted by atomic mass is 16.5. The van der Waals surface area contributed by atoms with Crippen molar-refractivity contribution in [3.8, 4) is 17.3 Å². The molecule has 0 fully saturated rings. The van der Waals surface area contributed by atoms with Crippen molar-refractivity contribution in [2.75, 3.05) is 6.61 Å². The van der Waals surface area contributed by atoms with E-state index in [2.05, 4.69) is 16.5 Å². The number of ether oxygens (including phenoxy) is 1. The molecule has 0 unspecified atom stereocenters. The number of pyridine rings is 1. The van der Waals surface area contributed by atoms with E-state index in [-0.39, 0.29) is 5.91 Å². The van der Waals surface area contributed by atoms with Gasteiger partial charge in [0.2, 0.25) is 0 Å². The number of para-hydroxylation sites is 1. The number of carbonyl (C=O) groups is 1. The van der Waals surface area contributed by atoms with Crippen LogP contribution in [0.1, 0.15) is 10.4 Å². The van der Waals surface area contributed by atoms with E-state index in [0.717, 1.165) is 5.52 Å². The van der Waals surface area contributed by atoms with E-state index in [9.17, 15) is 4.79 Å². The molecule has 0 N–H and O–H groups in total. The summed E-state index contributed by atoms with van der Waals surface area (Å²) in [6, 6.07) is 9.05. The lowest BCUT2D eigenvalue weighted by Crippen LogP contribution is -2.07. The van der Waals surface area contributed by atoms with Crippen LogP contribution in [0.25, 0.3) is 22.6 Å².